The largest absolute Gasteiger partial charge is 0.338 e. The second kappa shape index (κ2) is 8.52. The molecule has 0 atom stereocenters. The molecule has 0 amide bonds. The number of nitriles is 1. The molecule has 5 rings (SSSR count). The van der Waals surface area contributed by atoms with Crippen LogP contribution in [0.1, 0.15) is 18.4 Å². The van der Waals surface area contributed by atoms with Gasteiger partial charge in [-0.25, -0.2) is 4.84 Å². The van der Waals surface area contributed by atoms with Crippen molar-refractivity contribution in [1.82, 2.24) is 14.0 Å². The fraction of sp³-hybridized carbons (Fsp3) is 0.280. The molecule has 0 spiro atoms. The molecule has 166 valence electrons. The zero-order valence-corrected chi connectivity index (χ0v) is 18.4. The average Bonchev–Trinajstić information content (AvgIpc) is 3.48. The predicted molar refractivity (Wildman–Crippen MR) is 126 cm³/mol. The van der Waals surface area contributed by atoms with Crippen LogP contribution >= 0.6 is 0 Å². The van der Waals surface area contributed by atoms with Crippen molar-refractivity contribution in [3.05, 3.63) is 75.4 Å². The van der Waals surface area contributed by atoms with E-state index in [0.29, 0.717) is 16.3 Å². The average molecular weight is 442 g/mol. The molecule has 0 bridgehead atoms. The summed E-state index contributed by atoms with van der Waals surface area (Å²) in [5.41, 5.74) is 3.22. The van der Waals surface area contributed by atoms with Crippen molar-refractivity contribution in [2.45, 2.75) is 19.4 Å². The lowest BCUT2D eigenvalue weighted by atomic mass is 10.2. The number of likely N-dealkylation sites (tertiary alicyclic amines) is 1. The van der Waals surface area contributed by atoms with Crippen LogP contribution in [-0.2, 0) is 11.4 Å². The molecule has 4 aromatic rings. The van der Waals surface area contributed by atoms with Gasteiger partial charge in [0.15, 0.2) is 7.11 Å². The van der Waals surface area contributed by atoms with Crippen molar-refractivity contribution in [2.24, 2.45) is 0 Å². The van der Waals surface area contributed by atoms with E-state index in [2.05, 4.69) is 21.6 Å². The fourth-order valence-corrected chi connectivity index (χ4v) is 4.75. The summed E-state index contributed by atoms with van der Waals surface area (Å²) in [6.07, 6.45) is 2.45. The van der Waals surface area contributed by atoms with Gasteiger partial charge in [-0.1, -0.05) is 18.2 Å². The predicted octanol–water partition coefficient (Wildman–Crippen LogP) is 3.88. The topological polar surface area (TPSA) is 83.3 Å². The van der Waals surface area contributed by atoms with Crippen LogP contribution in [0.5, 0.6) is 0 Å². The lowest BCUT2D eigenvalue weighted by molar-refractivity contribution is -0.736. The number of aromatic nitrogens is 2. The third-order valence-electron chi connectivity index (χ3n) is 6.37. The normalized spacial score (nSPS) is 14.1. The van der Waals surface area contributed by atoms with Gasteiger partial charge in [-0.05, 0) is 50.2 Å². The first-order chi connectivity index (χ1) is 16.1. The van der Waals surface area contributed by atoms with E-state index in [4.69, 9.17) is 4.84 Å². The minimum Gasteiger partial charge on any atom is -0.338 e. The molecule has 2 aromatic heterocycles. The first-order valence-electron chi connectivity index (χ1n) is 11.0. The molecule has 2 aromatic carbocycles. The SMILES string of the molecule is CO[N+](=O)c1ccc(-n2c(=O)c(C#N)cc3c2c2ccccc2n3CCN2CCCC2)cc1. The molecule has 0 aliphatic carbocycles. The van der Waals surface area contributed by atoms with E-state index in [1.807, 2.05) is 18.2 Å². The number of pyridine rings is 1. The Morgan fingerprint density at radius 1 is 1.03 bits per heavy atom. The lowest BCUT2D eigenvalue weighted by Gasteiger charge is -2.16. The molecule has 1 fully saturated rings. The second-order valence-corrected chi connectivity index (χ2v) is 8.22. The van der Waals surface area contributed by atoms with Crippen LogP contribution in [0.4, 0.5) is 5.69 Å². The molecule has 33 heavy (non-hydrogen) atoms. The number of hydrogen-bond acceptors (Lipinski definition) is 5. The van der Waals surface area contributed by atoms with Crippen LogP contribution in [0.15, 0.2) is 59.4 Å². The monoisotopic (exact) mass is 442 g/mol. The molecule has 1 aliphatic rings. The Labute approximate surface area is 190 Å². The lowest BCUT2D eigenvalue weighted by Crippen LogP contribution is -2.24. The Morgan fingerprint density at radius 3 is 2.45 bits per heavy atom. The molecule has 8 heteroatoms. The smallest absolute Gasteiger partial charge is 0.316 e. The third-order valence-corrected chi connectivity index (χ3v) is 6.37. The van der Waals surface area contributed by atoms with E-state index in [0.717, 1.165) is 48.1 Å². The minimum atomic E-state index is -0.383. The van der Waals surface area contributed by atoms with E-state index in [9.17, 15) is 15.0 Å². The van der Waals surface area contributed by atoms with E-state index < -0.39 is 0 Å². The zero-order chi connectivity index (χ0) is 22.9. The Balaban J connectivity index is 1.74. The Morgan fingerprint density at radius 2 is 1.76 bits per heavy atom. The molecule has 8 nitrogen and oxygen atoms in total. The van der Waals surface area contributed by atoms with Crippen molar-refractivity contribution in [3.8, 4) is 11.8 Å². The molecular weight excluding hydrogens is 418 g/mol. The van der Waals surface area contributed by atoms with Crippen molar-refractivity contribution in [3.63, 3.8) is 0 Å². The van der Waals surface area contributed by atoms with Gasteiger partial charge in [0.25, 0.3) is 10.5 Å². The summed E-state index contributed by atoms with van der Waals surface area (Å²) in [6, 6.07) is 18.3. The van der Waals surface area contributed by atoms with Crippen molar-refractivity contribution < 1.29 is 9.76 Å². The first-order valence-corrected chi connectivity index (χ1v) is 11.0. The second-order valence-electron chi connectivity index (χ2n) is 8.22. The van der Waals surface area contributed by atoms with Crippen molar-refractivity contribution in [2.75, 3.05) is 26.7 Å². The summed E-state index contributed by atoms with van der Waals surface area (Å²) in [5, 5.41) is 10.7. The van der Waals surface area contributed by atoms with Crippen LogP contribution in [0.3, 0.4) is 0 Å². The highest BCUT2D eigenvalue weighted by molar-refractivity contribution is 6.07. The van der Waals surface area contributed by atoms with Gasteiger partial charge in [-0.15, -0.1) is 0 Å². The molecule has 0 unspecified atom stereocenters. The van der Waals surface area contributed by atoms with Crippen LogP contribution in [0.2, 0.25) is 0 Å². The summed E-state index contributed by atoms with van der Waals surface area (Å²) in [7, 11) is 1.29. The Kier molecular flexibility index (Phi) is 5.40. The summed E-state index contributed by atoms with van der Waals surface area (Å²) >= 11 is 0. The first kappa shape index (κ1) is 20.9. The summed E-state index contributed by atoms with van der Waals surface area (Å²) in [6.45, 7) is 3.90. The van der Waals surface area contributed by atoms with Crippen molar-refractivity contribution in [1.29, 1.82) is 5.26 Å². The van der Waals surface area contributed by atoms with E-state index >= 15 is 0 Å². The standard InChI is InChI=1S/C25H24N5O3/c1-33-30(32)20-10-8-19(9-11-20)29-24-21-6-2-3-7-22(21)28(15-14-27-12-4-5-13-27)23(24)16-18(17-26)25(29)31/h2-3,6-11,16H,4-5,12-15H2,1H3/q+1. The van der Waals surface area contributed by atoms with Crippen molar-refractivity contribution >= 4 is 27.6 Å². The Hall–Kier alpha value is -3.96. The summed E-state index contributed by atoms with van der Waals surface area (Å²) in [4.78, 5) is 32.7. The van der Waals surface area contributed by atoms with E-state index in [1.54, 1.807) is 34.9 Å². The highest BCUT2D eigenvalue weighted by Crippen LogP contribution is 2.31. The van der Waals surface area contributed by atoms with Gasteiger partial charge in [0.1, 0.15) is 11.6 Å². The summed E-state index contributed by atoms with van der Waals surface area (Å²) in [5.74, 6) is 0. The zero-order valence-electron chi connectivity index (χ0n) is 18.4. The molecule has 3 heterocycles. The number of fused-ring (bicyclic) bond motifs is 3. The summed E-state index contributed by atoms with van der Waals surface area (Å²) < 4.78 is 3.78. The van der Waals surface area contributed by atoms with Crippen LogP contribution in [0, 0.1) is 16.2 Å². The molecular formula is C25H24N5O3+. The molecule has 1 saturated heterocycles. The highest BCUT2D eigenvalue weighted by atomic mass is 16.8. The number of rotatable bonds is 6. The van der Waals surface area contributed by atoms with E-state index in [-0.39, 0.29) is 11.1 Å². The minimum absolute atomic E-state index is 0.0825. The van der Waals surface area contributed by atoms with Gasteiger partial charge in [0.05, 0.1) is 21.5 Å². The molecule has 0 radical (unpaired) electrons. The van der Waals surface area contributed by atoms with Crippen LogP contribution < -0.4 is 5.56 Å². The fourth-order valence-electron chi connectivity index (χ4n) is 4.75. The quantitative estimate of drug-likeness (QED) is 0.423. The number of benzene rings is 2. The van der Waals surface area contributed by atoms with Crippen LogP contribution in [-0.4, -0.2) is 45.7 Å². The highest BCUT2D eigenvalue weighted by Gasteiger charge is 2.21. The van der Waals surface area contributed by atoms with E-state index in [1.165, 1.54) is 20.0 Å². The van der Waals surface area contributed by atoms with Gasteiger partial charge in [0.2, 0.25) is 0 Å². The van der Waals surface area contributed by atoms with Gasteiger partial charge < -0.3 is 9.47 Å². The van der Waals surface area contributed by atoms with Gasteiger partial charge >= 0.3 is 5.69 Å². The van der Waals surface area contributed by atoms with Gasteiger partial charge in [0, 0.05) is 36.3 Å². The number of nitrogens with zero attached hydrogens (tertiary/aromatic N) is 5. The molecule has 0 saturated carbocycles. The van der Waals surface area contributed by atoms with Crippen LogP contribution in [0.25, 0.3) is 27.6 Å². The third kappa shape index (κ3) is 3.56. The number of hydrogen-bond donors (Lipinski definition) is 0. The maximum Gasteiger partial charge on any atom is 0.316 e. The van der Waals surface area contributed by atoms with Gasteiger partial charge in [-0.2, -0.15) is 5.26 Å². The van der Waals surface area contributed by atoms with Gasteiger partial charge in [-0.3, -0.25) is 9.36 Å². The Bertz CT molecular complexity index is 1450. The molecule has 0 N–H and O–H groups in total. The maximum atomic E-state index is 13.3. The maximum absolute atomic E-state index is 13.3. The number of para-hydroxylation sites is 1. The molecule has 1 aliphatic heterocycles.